The molecule has 3 aromatic carbocycles. The molecule has 0 aliphatic rings. The molecule has 0 N–H and O–H groups in total. The molecular weight excluding hydrogens is 518 g/mol. The van der Waals surface area contributed by atoms with Gasteiger partial charge in [-0.1, -0.05) is 88.9 Å². The Balaban J connectivity index is 1.77. The number of rotatable bonds is 5. The van der Waals surface area contributed by atoms with Crippen molar-refractivity contribution in [2.45, 2.75) is 6.92 Å². The number of carbonyl (C=O) groups excluding carboxylic acids is 2. The van der Waals surface area contributed by atoms with Gasteiger partial charge in [0.05, 0.1) is 16.3 Å². The fourth-order valence-electron chi connectivity index (χ4n) is 3.69. The van der Waals surface area contributed by atoms with E-state index in [0.717, 1.165) is 10.8 Å². The van der Waals surface area contributed by atoms with Crippen molar-refractivity contribution in [2.75, 3.05) is 0 Å². The minimum atomic E-state index is -0.837. The first-order valence-corrected chi connectivity index (χ1v) is 11.5. The Kier molecular flexibility index (Phi) is 7.01. The van der Waals surface area contributed by atoms with E-state index in [2.05, 4.69) is 5.10 Å². The van der Waals surface area contributed by atoms with Crippen molar-refractivity contribution in [3.63, 3.8) is 0 Å². The van der Waals surface area contributed by atoms with Crippen molar-refractivity contribution in [3.8, 4) is 5.88 Å². The molecule has 1 aromatic heterocycles. The number of benzene rings is 3. The second-order valence-electron chi connectivity index (χ2n) is 7.39. The van der Waals surface area contributed by atoms with Crippen LogP contribution in [0.4, 0.5) is 0 Å². The summed E-state index contributed by atoms with van der Waals surface area (Å²) in [5.41, 5.74) is 1.09. The van der Waals surface area contributed by atoms with Crippen molar-refractivity contribution in [2.24, 2.45) is 7.05 Å². The van der Waals surface area contributed by atoms with E-state index in [1.165, 1.54) is 16.8 Å². The minimum absolute atomic E-state index is 0.0399. The van der Waals surface area contributed by atoms with Crippen LogP contribution in [0.3, 0.4) is 0 Å². The van der Waals surface area contributed by atoms with Gasteiger partial charge in [-0.3, -0.25) is 4.79 Å². The van der Waals surface area contributed by atoms with Gasteiger partial charge in [0.2, 0.25) is 11.7 Å². The highest BCUT2D eigenvalue weighted by Gasteiger charge is 2.29. The van der Waals surface area contributed by atoms with E-state index in [9.17, 15) is 9.59 Å². The summed E-state index contributed by atoms with van der Waals surface area (Å²) in [7, 11) is 1.56. The topological polar surface area (TPSA) is 61.2 Å². The van der Waals surface area contributed by atoms with Crippen LogP contribution in [-0.2, 0) is 11.8 Å². The molecule has 172 valence electrons. The number of halogens is 4. The number of aromatic nitrogens is 2. The molecule has 9 heteroatoms. The van der Waals surface area contributed by atoms with Crippen LogP contribution in [0, 0.1) is 6.92 Å². The first-order chi connectivity index (χ1) is 16.2. The summed E-state index contributed by atoms with van der Waals surface area (Å²) in [5.74, 6) is -1.37. The molecule has 0 atom stereocenters. The molecule has 0 bridgehead atoms. The third-order valence-corrected chi connectivity index (χ3v) is 6.14. The van der Waals surface area contributed by atoms with Gasteiger partial charge in [-0.2, -0.15) is 5.10 Å². The maximum atomic E-state index is 13.3. The Morgan fingerprint density at radius 1 is 0.941 bits per heavy atom. The van der Waals surface area contributed by atoms with Crippen LogP contribution >= 0.6 is 46.4 Å². The quantitative estimate of drug-likeness (QED) is 0.155. The average molecular weight is 534 g/mol. The first-order valence-electron chi connectivity index (χ1n) is 9.98. The Labute approximate surface area is 215 Å². The van der Waals surface area contributed by atoms with Crippen LogP contribution in [-0.4, -0.2) is 21.5 Å². The maximum absolute atomic E-state index is 13.3. The highest BCUT2D eigenvalue weighted by Crippen LogP contribution is 2.34. The van der Waals surface area contributed by atoms with Crippen molar-refractivity contribution in [1.29, 1.82) is 0 Å². The Morgan fingerprint density at radius 2 is 1.65 bits per heavy atom. The second-order valence-corrected chi connectivity index (χ2v) is 9.19. The second kappa shape index (κ2) is 9.80. The number of hydrogen-bond donors (Lipinski definition) is 0. The van der Waals surface area contributed by atoms with Crippen LogP contribution in [0.25, 0.3) is 16.3 Å². The van der Waals surface area contributed by atoms with E-state index >= 15 is 0 Å². The Morgan fingerprint density at radius 3 is 2.35 bits per heavy atom. The van der Waals surface area contributed by atoms with Crippen molar-refractivity contribution in [1.82, 2.24) is 9.78 Å². The highest BCUT2D eigenvalue weighted by atomic mass is 35.5. The van der Waals surface area contributed by atoms with E-state index in [1.54, 1.807) is 32.2 Å². The van der Waals surface area contributed by atoms with E-state index in [4.69, 9.17) is 51.1 Å². The van der Waals surface area contributed by atoms with Crippen molar-refractivity contribution >= 4 is 74.5 Å². The molecule has 0 saturated heterocycles. The normalized spacial score (nSPS) is 10.9. The molecule has 0 spiro atoms. The van der Waals surface area contributed by atoms with Gasteiger partial charge in [0, 0.05) is 17.6 Å². The van der Waals surface area contributed by atoms with Crippen LogP contribution in [0.2, 0.25) is 10.0 Å². The molecule has 5 nitrogen and oxygen atoms in total. The summed E-state index contributed by atoms with van der Waals surface area (Å²) in [4.78, 5) is 26.7. The number of esters is 1. The van der Waals surface area contributed by atoms with E-state index in [1.807, 2.05) is 30.3 Å². The first kappa shape index (κ1) is 24.3. The third kappa shape index (κ3) is 4.57. The molecular formula is C25H16Cl4N2O3. The molecule has 4 rings (SSSR count). The van der Waals surface area contributed by atoms with Gasteiger partial charge in [0.1, 0.15) is 10.1 Å². The zero-order chi connectivity index (χ0) is 24.6. The summed E-state index contributed by atoms with van der Waals surface area (Å²) < 4.78 is 6.70. The van der Waals surface area contributed by atoms with Crippen molar-refractivity contribution in [3.05, 3.63) is 97.6 Å². The zero-order valence-electron chi connectivity index (χ0n) is 17.9. The summed E-state index contributed by atoms with van der Waals surface area (Å²) in [6.45, 7) is 1.63. The number of aryl methyl sites for hydroxylation is 2. The molecule has 1 heterocycles. The largest absolute Gasteiger partial charge is 0.403 e. The highest BCUT2D eigenvalue weighted by molar-refractivity contribution is 6.61. The number of ether oxygens (including phenoxy) is 1. The molecule has 0 unspecified atom stereocenters. The fourth-order valence-corrected chi connectivity index (χ4v) is 4.55. The van der Waals surface area contributed by atoms with Crippen LogP contribution in [0.5, 0.6) is 5.88 Å². The molecule has 0 aliphatic carbocycles. The van der Waals surface area contributed by atoms with E-state index in [-0.39, 0.29) is 32.1 Å². The van der Waals surface area contributed by atoms with Gasteiger partial charge < -0.3 is 4.74 Å². The summed E-state index contributed by atoms with van der Waals surface area (Å²) in [6, 6.07) is 17.4. The van der Waals surface area contributed by atoms with E-state index in [0.29, 0.717) is 16.3 Å². The number of ketones is 1. The lowest BCUT2D eigenvalue weighted by molar-refractivity contribution is -0.128. The van der Waals surface area contributed by atoms with Crippen LogP contribution < -0.4 is 4.74 Å². The Hall–Kier alpha value is -2.83. The van der Waals surface area contributed by atoms with Gasteiger partial charge in [0.25, 0.3) is 0 Å². The van der Waals surface area contributed by atoms with Gasteiger partial charge in [-0.15, -0.1) is 0 Å². The summed E-state index contributed by atoms with van der Waals surface area (Å²) in [5, 5.41) is 6.46. The lowest BCUT2D eigenvalue weighted by atomic mass is 9.99. The third-order valence-electron chi connectivity index (χ3n) is 5.21. The van der Waals surface area contributed by atoms with Gasteiger partial charge in [-0.25, -0.2) is 9.48 Å². The zero-order valence-corrected chi connectivity index (χ0v) is 20.9. The molecule has 34 heavy (non-hydrogen) atoms. The number of nitrogens with zero attached hydrogens (tertiary/aromatic N) is 2. The summed E-state index contributed by atoms with van der Waals surface area (Å²) in [6.07, 6.45) is 0. The lowest BCUT2D eigenvalue weighted by Crippen LogP contribution is -2.16. The predicted molar refractivity (Wildman–Crippen MR) is 136 cm³/mol. The van der Waals surface area contributed by atoms with Crippen LogP contribution in [0.15, 0.2) is 65.2 Å². The minimum Gasteiger partial charge on any atom is -0.403 e. The number of carbonyl (C=O) groups is 2. The molecule has 0 saturated carbocycles. The fraction of sp³-hybridized carbons (Fsp3) is 0.0800. The molecule has 0 aliphatic heterocycles. The van der Waals surface area contributed by atoms with Gasteiger partial charge in [-0.05, 0) is 41.5 Å². The molecule has 0 fully saturated rings. The Bertz CT molecular complexity index is 1480. The van der Waals surface area contributed by atoms with E-state index < -0.39 is 11.8 Å². The summed E-state index contributed by atoms with van der Waals surface area (Å²) >= 11 is 24.5. The number of hydrogen-bond acceptors (Lipinski definition) is 4. The number of fused-ring (bicyclic) bond motifs is 1. The lowest BCUT2D eigenvalue weighted by Gasteiger charge is -2.12. The maximum Gasteiger partial charge on any atom is 0.347 e. The van der Waals surface area contributed by atoms with Gasteiger partial charge in [0.15, 0.2) is 0 Å². The monoisotopic (exact) mass is 532 g/mol. The molecule has 0 radical (unpaired) electrons. The smallest absolute Gasteiger partial charge is 0.347 e. The SMILES string of the molecule is Cc1nn(C)c(OC(=O)C(=C(Cl)Cl)c2cccc3ccccc23)c1C(=O)c1ccc(Cl)cc1Cl. The predicted octanol–water partition coefficient (Wildman–Crippen LogP) is 7.17. The van der Waals surface area contributed by atoms with Gasteiger partial charge >= 0.3 is 5.97 Å². The standard InChI is InChI=1S/C25H16Cl4N2O3/c1-13-20(22(32)18-11-10-15(26)12-19(18)27)24(31(2)30-13)34-25(33)21(23(28)29)17-9-5-7-14-6-3-4-8-16(14)17/h3-12H,1-2H3. The molecule has 4 aromatic rings. The average Bonchev–Trinajstić information content (AvgIpc) is 3.06. The van der Waals surface area contributed by atoms with Crippen molar-refractivity contribution < 1.29 is 14.3 Å². The van der Waals surface area contributed by atoms with Crippen LogP contribution in [0.1, 0.15) is 27.2 Å². The molecule has 0 amide bonds.